The van der Waals surface area contributed by atoms with Crippen molar-refractivity contribution in [3.8, 4) is 0 Å². The van der Waals surface area contributed by atoms with E-state index in [0.717, 1.165) is 64.2 Å². The number of rotatable bonds is 16. The van der Waals surface area contributed by atoms with Crippen molar-refractivity contribution in [1.82, 2.24) is 0 Å². The van der Waals surface area contributed by atoms with Gasteiger partial charge in [0.15, 0.2) is 0 Å². The molecule has 0 N–H and O–H groups in total. The summed E-state index contributed by atoms with van der Waals surface area (Å²) in [6, 6.07) is 0. The predicted molar refractivity (Wildman–Crippen MR) is 102 cm³/mol. The molecular weight excluding hydrogens is 316 g/mol. The first-order chi connectivity index (χ1) is 12.0. The number of esters is 2. The first-order valence-corrected chi connectivity index (χ1v) is 10.3. The molecule has 0 aliphatic rings. The maximum atomic E-state index is 11.7. The molecule has 0 aromatic carbocycles. The van der Waals surface area contributed by atoms with Crippen molar-refractivity contribution in [2.75, 3.05) is 6.61 Å². The zero-order valence-corrected chi connectivity index (χ0v) is 17.0. The highest BCUT2D eigenvalue weighted by Crippen LogP contribution is 2.12. The molecule has 0 aliphatic carbocycles. The first kappa shape index (κ1) is 23.9. The summed E-state index contributed by atoms with van der Waals surface area (Å²) in [6.45, 7) is 8.94. The molecule has 25 heavy (non-hydrogen) atoms. The summed E-state index contributed by atoms with van der Waals surface area (Å²) in [5.74, 6) is 0.421. The average Bonchev–Trinajstić information content (AvgIpc) is 2.53. The fourth-order valence-corrected chi connectivity index (χ4v) is 2.85. The van der Waals surface area contributed by atoms with Crippen LogP contribution in [0.1, 0.15) is 105 Å². The SMILES string of the molecule is CCCCCOC(=O)CCCCCCCCC(=O)OC(C)CC(C)C. The van der Waals surface area contributed by atoms with E-state index < -0.39 is 0 Å². The number of hydrogen-bond donors (Lipinski definition) is 0. The van der Waals surface area contributed by atoms with Crippen LogP contribution < -0.4 is 0 Å². The molecule has 0 fully saturated rings. The second-order valence-corrected chi connectivity index (χ2v) is 7.48. The largest absolute Gasteiger partial charge is 0.466 e. The molecule has 4 heteroatoms. The molecule has 1 atom stereocenters. The standard InChI is InChI=1S/C21H40O4/c1-5-6-13-16-24-20(22)14-11-9-7-8-10-12-15-21(23)25-19(4)17-18(2)3/h18-19H,5-17H2,1-4H3. The molecule has 0 aromatic heterocycles. The van der Waals surface area contributed by atoms with E-state index >= 15 is 0 Å². The minimum atomic E-state index is -0.0704. The van der Waals surface area contributed by atoms with E-state index in [1.807, 2.05) is 6.92 Å². The van der Waals surface area contributed by atoms with Crippen molar-refractivity contribution in [2.45, 2.75) is 111 Å². The molecule has 0 bridgehead atoms. The molecule has 148 valence electrons. The Morgan fingerprint density at radius 3 is 1.88 bits per heavy atom. The maximum absolute atomic E-state index is 11.7. The van der Waals surface area contributed by atoms with Crippen LogP contribution in [0.25, 0.3) is 0 Å². The van der Waals surface area contributed by atoms with Crippen LogP contribution in [0.3, 0.4) is 0 Å². The average molecular weight is 357 g/mol. The van der Waals surface area contributed by atoms with Gasteiger partial charge in [0, 0.05) is 12.8 Å². The highest BCUT2D eigenvalue weighted by molar-refractivity contribution is 5.69. The molecule has 0 spiro atoms. The minimum Gasteiger partial charge on any atom is -0.466 e. The van der Waals surface area contributed by atoms with E-state index in [2.05, 4.69) is 20.8 Å². The third-order valence-electron chi connectivity index (χ3n) is 4.16. The normalized spacial score (nSPS) is 12.2. The van der Waals surface area contributed by atoms with Crippen LogP contribution in [0.4, 0.5) is 0 Å². The molecule has 0 aliphatic heterocycles. The summed E-state index contributed by atoms with van der Waals surface area (Å²) in [6.07, 6.45) is 11.4. The number of hydrogen-bond acceptors (Lipinski definition) is 4. The predicted octanol–water partition coefficient (Wildman–Crippen LogP) is 5.82. The van der Waals surface area contributed by atoms with Gasteiger partial charge < -0.3 is 9.47 Å². The summed E-state index contributed by atoms with van der Waals surface area (Å²) in [4.78, 5) is 23.2. The quantitative estimate of drug-likeness (QED) is 0.258. The van der Waals surface area contributed by atoms with Gasteiger partial charge in [0.05, 0.1) is 12.7 Å². The lowest BCUT2D eigenvalue weighted by atomic mass is 10.1. The van der Waals surface area contributed by atoms with Crippen LogP contribution in [0.15, 0.2) is 0 Å². The third kappa shape index (κ3) is 17.6. The van der Waals surface area contributed by atoms with Crippen molar-refractivity contribution in [2.24, 2.45) is 5.92 Å². The van der Waals surface area contributed by atoms with Gasteiger partial charge >= 0.3 is 11.9 Å². The summed E-state index contributed by atoms with van der Waals surface area (Å²) in [5.41, 5.74) is 0. The van der Waals surface area contributed by atoms with E-state index in [1.165, 1.54) is 0 Å². The first-order valence-electron chi connectivity index (χ1n) is 10.3. The molecule has 0 aromatic rings. The second-order valence-electron chi connectivity index (χ2n) is 7.48. The van der Waals surface area contributed by atoms with E-state index in [1.54, 1.807) is 0 Å². The summed E-state index contributed by atoms with van der Waals surface area (Å²) in [5, 5.41) is 0. The van der Waals surface area contributed by atoms with Gasteiger partial charge in [-0.3, -0.25) is 9.59 Å². The van der Waals surface area contributed by atoms with Crippen molar-refractivity contribution >= 4 is 11.9 Å². The van der Waals surface area contributed by atoms with Gasteiger partial charge in [0.1, 0.15) is 0 Å². The number of unbranched alkanes of at least 4 members (excludes halogenated alkanes) is 7. The van der Waals surface area contributed by atoms with E-state index in [0.29, 0.717) is 25.4 Å². The van der Waals surface area contributed by atoms with Crippen LogP contribution in [0, 0.1) is 5.92 Å². The Balaban J connectivity index is 3.38. The van der Waals surface area contributed by atoms with Crippen molar-refractivity contribution in [1.29, 1.82) is 0 Å². The van der Waals surface area contributed by atoms with Crippen molar-refractivity contribution in [3.05, 3.63) is 0 Å². The van der Waals surface area contributed by atoms with Gasteiger partial charge in [-0.05, 0) is 38.5 Å². The van der Waals surface area contributed by atoms with Gasteiger partial charge in [0.25, 0.3) is 0 Å². The smallest absolute Gasteiger partial charge is 0.306 e. The zero-order valence-electron chi connectivity index (χ0n) is 17.0. The topological polar surface area (TPSA) is 52.6 Å². The van der Waals surface area contributed by atoms with E-state index in [4.69, 9.17) is 9.47 Å². The minimum absolute atomic E-state index is 0.0224. The number of ether oxygens (including phenoxy) is 2. The summed E-state index contributed by atoms with van der Waals surface area (Å²) < 4.78 is 10.6. The van der Waals surface area contributed by atoms with Crippen LogP contribution in [0.2, 0.25) is 0 Å². The van der Waals surface area contributed by atoms with Gasteiger partial charge in [-0.2, -0.15) is 0 Å². The fraction of sp³-hybridized carbons (Fsp3) is 0.905. The van der Waals surface area contributed by atoms with Crippen LogP contribution >= 0.6 is 0 Å². The van der Waals surface area contributed by atoms with Crippen LogP contribution in [-0.4, -0.2) is 24.6 Å². The Morgan fingerprint density at radius 2 is 1.32 bits per heavy atom. The highest BCUT2D eigenvalue weighted by Gasteiger charge is 2.10. The van der Waals surface area contributed by atoms with Crippen molar-refractivity contribution in [3.63, 3.8) is 0 Å². The number of carbonyl (C=O) groups is 2. The molecule has 1 unspecified atom stereocenters. The Labute approximate surface area is 155 Å². The van der Waals surface area contributed by atoms with Crippen LogP contribution in [0.5, 0.6) is 0 Å². The summed E-state index contributed by atoms with van der Waals surface area (Å²) in [7, 11) is 0. The Hall–Kier alpha value is -1.06. The Morgan fingerprint density at radius 1 is 0.760 bits per heavy atom. The summed E-state index contributed by atoms with van der Waals surface area (Å²) >= 11 is 0. The molecule has 0 saturated heterocycles. The molecule has 4 nitrogen and oxygen atoms in total. The Kier molecular flexibility index (Phi) is 15.7. The lowest BCUT2D eigenvalue weighted by Crippen LogP contribution is -2.16. The fourth-order valence-electron chi connectivity index (χ4n) is 2.85. The zero-order chi connectivity index (χ0) is 18.9. The van der Waals surface area contributed by atoms with Gasteiger partial charge in [-0.15, -0.1) is 0 Å². The molecular formula is C21H40O4. The molecule has 0 rings (SSSR count). The number of carbonyl (C=O) groups excluding carboxylic acids is 2. The van der Waals surface area contributed by atoms with Gasteiger partial charge in [-0.1, -0.05) is 59.3 Å². The molecule has 0 amide bonds. The lowest BCUT2D eigenvalue weighted by molar-refractivity contribution is -0.149. The van der Waals surface area contributed by atoms with Gasteiger partial charge in [0.2, 0.25) is 0 Å². The Bertz CT molecular complexity index is 339. The van der Waals surface area contributed by atoms with Gasteiger partial charge in [-0.25, -0.2) is 0 Å². The van der Waals surface area contributed by atoms with Crippen LogP contribution in [-0.2, 0) is 19.1 Å². The molecule has 0 saturated carbocycles. The van der Waals surface area contributed by atoms with E-state index in [9.17, 15) is 9.59 Å². The molecule has 0 radical (unpaired) electrons. The monoisotopic (exact) mass is 356 g/mol. The second kappa shape index (κ2) is 16.4. The third-order valence-corrected chi connectivity index (χ3v) is 4.16. The lowest BCUT2D eigenvalue weighted by Gasteiger charge is -2.15. The van der Waals surface area contributed by atoms with E-state index in [-0.39, 0.29) is 18.0 Å². The van der Waals surface area contributed by atoms with Crippen molar-refractivity contribution < 1.29 is 19.1 Å². The maximum Gasteiger partial charge on any atom is 0.306 e. The highest BCUT2D eigenvalue weighted by atomic mass is 16.5. The molecule has 0 heterocycles.